The zero-order valence-corrected chi connectivity index (χ0v) is 15.0. The maximum Gasteiger partial charge on any atom is 0.305 e. The van der Waals surface area contributed by atoms with Crippen molar-refractivity contribution in [3.05, 3.63) is 59.9 Å². The molecule has 0 aliphatic rings. The van der Waals surface area contributed by atoms with E-state index in [1.54, 1.807) is 24.3 Å². The molecule has 0 saturated heterocycles. The number of amides is 1. The fourth-order valence-electron chi connectivity index (χ4n) is 2.46. The fourth-order valence-corrected chi connectivity index (χ4v) is 2.46. The Morgan fingerprint density at radius 3 is 2.19 bits per heavy atom. The van der Waals surface area contributed by atoms with Crippen molar-refractivity contribution in [2.45, 2.75) is 12.8 Å². The standard InChI is InChI=1S/C20H20FNO5/c1-26-16-9-3-13(4-10-16)19(24)17(11-12-18(23)27-2)20(25)22-15-7-5-14(21)6-8-15/h3-10,17H,11-12H2,1-2H3,(H,22,25). The first kappa shape index (κ1) is 20.1. The lowest BCUT2D eigenvalue weighted by Crippen LogP contribution is -2.30. The summed E-state index contributed by atoms with van der Waals surface area (Å²) < 4.78 is 22.7. The van der Waals surface area contributed by atoms with Gasteiger partial charge in [-0.1, -0.05) is 0 Å². The highest BCUT2D eigenvalue weighted by atomic mass is 19.1. The molecule has 0 spiro atoms. The Morgan fingerprint density at radius 1 is 1.00 bits per heavy atom. The molecule has 6 nitrogen and oxygen atoms in total. The van der Waals surface area contributed by atoms with Crippen molar-refractivity contribution in [2.24, 2.45) is 5.92 Å². The number of ether oxygens (including phenoxy) is 2. The van der Waals surface area contributed by atoms with E-state index in [0.717, 1.165) is 0 Å². The molecule has 1 atom stereocenters. The smallest absolute Gasteiger partial charge is 0.305 e. The Morgan fingerprint density at radius 2 is 1.63 bits per heavy atom. The molecule has 0 fully saturated rings. The molecule has 0 bridgehead atoms. The third kappa shape index (κ3) is 5.64. The van der Waals surface area contributed by atoms with Gasteiger partial charge in [0.15, 0.2) is 5.78 Å². The molecule has 2 rings (SSSR count). The fraction of sp³-hybridized carbons (Fsp3) is 0.250. The van der Waals surface area contributed by atoms with E-state index in [4.69, 9.17) is 4.74 Å². The van der Waals surface area contributed by atoms with Gasteiger partial charge in [0.05, 0.1) is 14.2 Å². The third-order valence-corrected chi connectivity index (χ3v) is 3.98. The summed E-state index contributed by atoms with van der Waals surface area (Å²) in [6.45, 7) is 0. The SMILES string of the molecule is COC(=O)CCC(C(=O)Nc1ccc(F)cc1)C(=O)c1ccc(OC)cc1. The molecule has 1 N–H and O–H groups in total. The van der Waals surface area contributed by atoms with Gasteiger partial charge in [0.25, 0.3) is 0 Å². The Bertz CT molecular complexity index is 802. The first-order chi connectivity index (χ1) is 12.9. The third-order valence-electron chi connectivity index (χ3n) is 3.98. The molecule has 0 aliphatic carbocycles. The topological polar surface area (TPSA) is 81.7 Å². The highest BCUT2D eigenvalue weighted by molar-refractivity contribution is 6.13. The van der Waals surface area contributed by atoms with E-state index in [2.05, 4.69) is 10.1 Å². The number of Topliss-reactive ketones (excluding diaryl/α,β-unsaturated/α-hetero) is 1. The molecular weight excluding hydrogens is 353 g/mol. The molecule has 2 aromatic carbocycles. The number of rotatable bonds is 8. The number of methoxy groups -OCH3 is 2. The van der Waals surface area contributed by atoms with E-state index in [1.807, 2.05) is 0 Å². The lowest BCUT2D eigenvalue weighted by molar-refractivity contribution is -0.140. The molecule has 27 heavy (non-hydrogen) atoms. The summed E-state index contributed by atoms with van der Waals surface area (Å²) in [4.78, 5) is 36.9. The number of benzene rings is 2. The van der Waals surface area contributed by atoms with Crippen LogP contribution < -0.4 is 10.1 Å². The summed E-state index contributed by atoms with van der Waals surface area (Å²) in [6.07, 6.45) is -0.0928. The molecule has 0 aliphatic heterocycles. The van der Waals surface area contributed by atoms with E-state index < -0.39 is 29.4 Å². The van der Waals surface area contributed by atoms with Crippen LogP contribution in [0.15, 0.2) is 48.5 Å². The van der Waals surface area contributed by atoms with Crippen LogP contribution in [0.1, 0.15) is 23.2 Å². The minimum Gasteiger partial charge on any atom is -0.497 e. The Kier molecular flexibility index (Phi) is 7.05. The van der Waals surface area contributed by atoms with Gasteiger partial charge in [0.2, 0.25) is 5.91 Å². The predicted octanol–water partition coefficient (Wildman–Crippen LogP) is 3.23. The second-order valence-electron chi connectivity index (χ2n) is 5.76. The number of carbonyl (C=O) groups excluding carboxylic acids is 3. The van der Waals surface area contributed by atoms with Gasteiger partial charge in [-0.25, -0.2) is 4.39 Å². The lowest BCUT2D eigenvalue weighted by Gasteiger charge is -2.16. The highest BCUT2D eigenvalue weighted by Crippen LogP contribution is 2.20. The number of nitrogens with one attached hydrogen (secondary N) is 1. The molecule has 2 aromatic rings. The van der Waals surface area contributed by atoms with Crippen molar-refractivity contribution in [1.29, 1.82) is 0 Å². The van der Waals surface area contributed by atoms with E-state index in [1.165, 1.54) is 38.5 Å². The monoisotopic (exact) mass is 373 g/mol. The number of hydrogen-bond donors (Lipinski definition) is 1. The van der Waals surface area contributed by atoms with Gasteiger partial charge in [-0.05, 0) is 55.0 Å². The first-order valence-electron chi connectivity index (χ1n) is 8.26. The van der Waals surface area contributed by atoms with Crippen LogP contribution in [0.2, 0.25) is 0 Å². The average Bonchev–Trinajstić information content (AvgIpc) is 2.69. The minimum atomic E-state index is -1.09. The second kappa shape index (κ2) is 9.47. The van der Waals surface area contributed by atoms with Crippen LogP contribution in [0.5, 0.6) is 5.75 Å². The molecule has 142 valence electrons. The lowest BCUT2D eigenvalue weighted by atomic mass is 9.92. The Balaban J connectivity index is 2.19. The van der Waals surface area contributed by atoms with Crippen LogP contribution >= 0.6 is 0 Å². The van der Waals surface area contributed by atoms with Crippen molar-refractivity contribution >= 4 is 23.3 Å². The van der Waals surface area contributed by atoms with Crippen molar-refractivity contribution in [3.8, 4) is 5.75 Å². The number of ketones is 1. The van der Waals surface area contributed by atoms with Gasteiger partial charge >= 0.3 is 5.97 Å². The van der Waals surface area contributed by atoms with Gasteiger partial charge in [-0.15, -0.1) is 0 Å². The van der Waals surface area contributed by atoms with Gasteiger partial charge in [-0.2, -0.15) is 0 Å². The zero-order valence-electron chi connectivity index (χ0n) is 15.0. The molecule has 0 saturated carbocycles. The van der Waals surface area contributed by atoms with E-state index in [0.29, 0.717) is 17.0 Å². The summed E-state index contributed by atoms with van der Waals surface area (Å²) in [7, 11) is 2.74. The zero-order chi connectivity index (χ0) is 19.8. The summed E-state index contributed by atoms with van der Waals surface area (Å²) in [6, 6.07) is 11.5. The summed E-state index contributed by atoms with van der Waals surface area (Å²) in [5.74, 6) is -2.48. The summed E-state index contributed by atoms with van der Waals surface area (Å²) in [5.41, 5.74) is 0.673. The van der Waals surface area contributed by atoms with Crippen LogP contribution in [-0.2, 0) is 14.3 Å². The van der Waals surface area contributed by atoms with Crippen LogP contribution in [-0.4, -0.2) is 31.9 Å². The largest absolute Gasteiger partial charge is 0.497 e. The number of hydrogen-bond acceptors (Lipinski definition) is 5. The number of halogens is 1. The van der Waals surface area contributed by atoms with E-state index in [9.17, 15) is 18.8 Å². The molecule has 1 unspecified atom stereocenters. The normalized spacial score (nSPS) is 11.4. The van der Waals surface area contributed by atoms with Gasteiger partial charge in [0.1, 0.15) is 17.5 Å². The second-order valence-corrected chi connectivity index (χ2v) is 5.76. The van der Waals surface area contributed by atoms with Crippen LogP contribution in [0.25, 0.3) is 0 Å². The van der Waals surface area contributed by atoms with E-state index >= 15 is 0 Å². The average molecular weight is 373 g/mol. The van der Waals surface area contributed by atoms with Crippen molar-refractivity contribution in [1.82, 2.24) is 0 Å². The van der Waals surface area contributed by atoms with Crippen molar-refractivity contribution < 1.29 is 28.2 Å². The number of anilines is 1. The predicted molar refractivity (Wildman–Crippen MR) is 97.1 cm³/mol. The summed E-state index contributed by atoms with van der Waals surface area (Å²) >= 11 is 0. The summed E-state index contributed by atoms with van der Waals surface area (Å²) in [5, 5.41) is 2.58. The minimum absolute atomic E-state index is 0.00936. The van der Waals surface area contributed by atoms with Crippen LogP contribution in [0, 0.1) is 11.7 Å². The maximum atomic E-state index is 13.0. The van der Waals surface area contributed by atoms with Crippen molar-refractivity contribution in [2.75, 3.05) is 19.5 Å². The van der Waals surface area contributed by atoms with Crippen molar-refractivity contribution in [3.63, 3.8) is 0 Å². The molecule has 0 aromatic heterocycles. The van der Waals surface area contributed by atoms with E-state index in [-0.39, 0.29) is 12.8 Å². The number of carbonyl (C=O) groups is 3. The van der Waals surface area contributed by atoms with Gasteiger partial charge in [0, 0.05) is 17.7 Å². The quantitative estimate of drug-likeness (QED) is 0.436. The highest BCUT2D eigenvalue weighted by Gasteiger charge is 2.28. The molecule has 0 heterocycles. The molecule has 7 heteroatoms. The molecule has 1 amide bonds. The first-order valence-corrected chi connectivity index (χ1v) is 8.26. The van der Waals surface area contributed by atoms with Gasteiger partial charge < -0.3 is 14.8 Å². The molecular formula is C20H20FNO5. The Hall–Kier alpha value is -3.22. The Labute approximate surface area is 156 Å². The molecule has 0 radical (unpaired) electrons. The maximum absolute atomic E-state index is 13.0. The van der Waals surface area contributed by atoms with Crippen LogP contribution in [0.3, 0.4) is 0 Å². The van der Waals surface area contributed by atoms with Crippen LogP contribution in [0.4, 0.5) is 10.1 Å². The number of esters is 1. The van der Waals surface area contributed by atoms with Gasteiger partial charge in [-0.3, -0.25) is 14.4 Å².